The lowest BCUT2D eigenvalue weighted by Gasteiger charge is -2.51. The molecule has 1 aromatic carbocycles. The highest BCUT2D eigenvalue weighted by molar-refractivity contribution is 7.91. The van der Waals surface area contributed by atoms with Crippen molar-refractivity contribution in [2.75, 3.05) is 58.3 Å². The second kappa shape index (κ2) is 9.07. The van der Waals surface area contributed by atoms with Gasteiger partial charge in [0, 0.05) is 31.7 Å². The van der Waals surface area contributed by atoms with Gasteiger partial charge in [-0.3, -0.25) is 9.69 Å². The third-order valence-corrected chi connectivity index (χ3v) is 10.5. The van der Waals surface area contributed by atoms with E-state index >= 15 is 0 Å². The van der Waals surface area contributed by atoms with E-state index < -0.39 is 9.84 Å². The molecule has 2 saturated carbocycles. The Labute approximate surface area is 209 Å². The van der Waals surface area contributed by atoms with E-state index in [9.17, 15) is 18.0 Å². The van der Waals surface area contributed by atoms with Gasteiger partial charge in [-0.15, -0.1) is 0 Å². The molecule has 0 atom stereocenters. The zero-order chi connectivity index (χ0) is 24.8. The number of nitrogens with zero attached hydrogens (tertiary/aromatic N) is 4. The molecule has 0 bridgehead atoms. The van der Waals surface area contributed by atoms with E-state index in [1.165, 1.54) is 18.4 Å². The van der Waals surface area contributed by atoms with Crippen LogP contribution in [0.5, 0.6) is 0 Å². The highest BCUT2D eigenvalue weighted by Crippen LogP contribution is 2.49. The highest BCUT2D eigenvalue weighted by Gasteiger charge is 2.55. The lowest BCUT2D eigenvalue weighted by Crippen LogP contribution is -2.55. The number of sulfone groups is 1. The van der Waals surface area contributed by atoms with Crippen LogP contribution in [-0.4, -0.2) is 104 Å². The van der Waals surface area contributed by atoms with Crippen LogP contribution in [0.15, 0.2) is 30.3 Å². The SMILES string of the molecule is CN(C)[C@]1(c2ccccc2)CC[C@@]2(CC1)CN(CC(=O)N1CCS(=O)(=O)CC1)C(=O)N2CC1CC1. The topological polar surface area (TPSA) is 81.2 Å². The maximum atomic E-state index is 13.6. The number of rotatable bonds is 6. The first-order chi connectivity index (χ1) is 16.6. The summed E-state index contributed by atoms with van der Waals surface area (Å²) in [6, 6.07) is 10.7. The van der Waals surface area contributed by atoms with Crippen LogP contribution in [0.25, 0.3) is 0 Å². The summed E-state index contributed by atoms with van der Waals surface area (Å²) in [5.74, 6) is 0.459. The van der Waals surface area contributed by atoms with E-state index in [-0.39, 0.29) is 54.2 Å². The minimum atomic E-state index is -3.05. The molecular weight excluding hydrogens is 464 g/mol. The van der Waals surface area contributed by atoms with Crippen LogP contribution in [0.2, 0.25) is 0 Å². The molecule has 1 aromatic rings. The minimum Gasteiger partial charge on any atom is -0.339 e. The Bertz CT molecular complexity index is 1050. The zero-order valence-corrected chi connectivity index (χ0v) is 21.8. The van der Waals surface area contributed by atoms with E-state index in [2.05, 4.69) is 54.2 Å². The van der Waals surface area contributed by atoms with Crippen LogP contribution in [0.3, 0.4) is 0 Å². The first-order valence-electron chi connectivity index (χ1n) is 12.9. The van der Waals surface area contributed by atoms with Gasteiger partial charge in [0.15, 0.2) is 9.84 Å². The molecule has 1 spiro atoms. The van der Waals surface area contributed by atoms with Crippen molar-refractivity contribution in [1.82, 2.24) is 19.6 Å². The summed E-state index contributed by atoms with van der Waals surface area (Å²) in [7, 11) is 1.25. The Hall–Kier alpha value is -2.13. The Balaban J connectivity index is 1.33. The second-order valence-electron chi connectivity index (χ2n) is 11.2. The molecule has 8 nitrogen and oxygen atoms in total. The molecular formula is C26H38N4O4S. The first-order valence-corrected chi connectivity index (χ1v) is 14.7. The molecule has 9 heteroatoms. The fraction of sp³-hybridized carbons (Fsp3) is 0.692. The van der Waals surface area contributed by atoms with Gasteiger partial charge < -0.3 is 14.7 Å². The lowest BCUT2D eigenvalue weighted by atomic mass is 9.68. The molecule has 192 valence electrons. The molecule has 5 rings (SSSR count). The van der Waals surface area contributed by atoms with Gasteiger partial charge in [-0.05, 0) is 64.1 Å². The van der Waals surface area contributed by atoms with Crippen LogP contribution in [-0.2, 0) is 20.2 Å². The van der Waals surface area contributed by atoms with E-state index in [1.807, 2.05) is 0 Å². The zero-order valence-electron chi connectivity index (χ0n) is 21.0. The summed E-state index contributed by atoms with van der Waals surface area (Å²) in [5.41, 5.74) is 1.04. The van der Waals surface area contributed by atoms with Gasteiger partial charge in [0.25, 0.3) is 0 Å². The number of carbonyl (C=O) groups excluding carboxylic acids is 2. The van der Waals surface area contributed by atoms with Gasteiger partial charge >= 0.3 is 6.03 Å². The van der Waals surface area contributed by atoms with Crippen molar-refractivity contribution >= 4 is 21.8 Å². The maximum Gasteiger partial charge on any atom is 0.321 e. The lowest BCUT2D eigenvalue weighted by molar-refractivity contribution is -0.131. The molecule has 2 heterocycles. The third-order valence-electron chi connectivity index (χ3n) is 8.90. The summed E-state index contributed by atoms with van der Waals surface area (Å²) < 4.78 is 23.5. The van der Waals surface area contributed by atoms with Crippen LogP contribution < -0.4 is 0 Å². The number of hydrogen-bond acceptors (Lipinski definition) is 5. The van der Waals surface area contributed by atoms with Gasteiger partial charge in [0.05, 0.1) is 17.0 Å². The van der Waals surface area contributed by atoms with Crippen LogP contribution >= 0.6 is 0 Å². The van der Waals surface area contributed by atoms with Crippen LogP contribution in [0, 0.1) is 5.92 Å². The smallest absolute Gasteiger partial charge is 0.321 e. The van der Waals surface area contributed by atoms with Gasteiger partial charge in [0.1, 0.15) is 6.54 Å². The van der Waals surface area contributed by atoms with Crippen molar-refractivity contribution in [2.45, 2.75) is 49.6 Å². The summed E-state index contributed by atoms with van der Waals surface area (Å²) in [5, 5.41) is 0. The van der Waals surface area contributed by atoms with Crippen molar-refractivity contribution in [3.05, 3.63) is 35.9 Å². The fourth-order valence-electron chi connectivity index (χ4n) is 6.36. The second-order valence-corrected chi connectivity index (χ2v) is 13.5. The van der Waals surface area contributed by atoms with Crippen molar-refractivity contribution < 1.29 is 18.0 Å². The molecule has 4 aliphatic rings. The predicted molar refractivity (Wildman–Crippen MR) is 135 cm³/mol. The molecule has 2 saturated heterocycles. The van der Waals surface area contributed by atoms with E-state index in [0.29, 0.717) is 12.5 Å². The average Bonchev–Trinajstić information content (AvgIpc) is 3.63. The van der Waals surface area contributed by atoms with Crippen molar-refractivity contribution in [3.8, 4) is 0 Å². The molecule has 35 heavy (non-hydrogen) atoms. The number of amides is 3. The van der Waals surface area contributed by atoms with E-state index in [4.69, 9.17) is 0 Å². The first kappa shape index (κ1) is 24.6. The molecule has 2 aliphatic carbocycles. The number of urea groups is 1. The quantitative estimate of drug-likeness (QED) is 0.596. The average molecular weight is 503 g/mol. The third kappa shape index (κ3) is 4.69. The number of benzene rings is 1. The maximum absolute atomic E-state index is 13.6. The van der Waals surface area contributed by atoms with Crippen molar-refractivity contribution in [1.29, 1.82) is 0 Å². The standard InChI is InChI=1S/C26H38N4O4S/c1-27(2)26(22-6-4-3-5-7-22)12-10-25(11-13-26)20-29(24(32)30(25)18-21-8-9-21)19-23(31)28-14-16-35(33,34)17-15-28/h3-7,21H,8-20H2,1-2H3/t25-,26-. The largest absolute Gasteiger partial charge is 0.339 e. The minimum absolute atomic E-state index is 0.0104. The van der Waals surface area contributed by atoms with Gasteiger partial charge in [0.2, 0.25) is 5.91 Å². The molecule has 4 fully saturated rings. The summed E-state index contributed by atoms with van der Waals surface area (Å²) in [6.45, 7) is 1.85. The predicted octanol–water partition coefficient (Wildman–Crippen LogP) is 2.16. The molecule has 2 aliphatic heterocycles. The number of hydrogen-bond donors (Lipinski definition) is 0. The van der Waals surface area contributed by atoms with E-state index in [1.54, 1.807) is 9.80 Å². The summed E-state index contributed by atoms with van der Waals surface area (Å²) in [4.78, 5) is 34.4. The molecule has 3 amide bonds. The highest BCUT2D eigenvalue weighted by atomic mass is 32.2. The molecule has 0 N–H and O–H groups in total. The van der Waals surface area contributed by atoms with Crippen molar-refractivity contribution in [3.63, 3.8) is 0 Å². The fourth-order valence-corrected chi connectivity index (χ4v) is 7.56. The van der Waals surface area contributed by atoms with E-state index in [0.717, 1.165) is 32.2 Å². The van der Waals surface area contributed by atoms with Crippen LogP contribution in [0.4, 0.5) is 4.79 Å². The molecule has 0 radical (unpaired) electrons. The van der Waals surface area contributed by atoms with Gasteiger partial charge in [-0.1, -0.05) is 30.3 Å². The van der Waals surface area contributed by atoms with Gasteiger partial charge in [-0.2, -0.15) is 0 Å². The Morgan fingerprint density at radius 3 is 2.23 bits per heavy atom. The molecule has 0 unspecified atom stereocenters. The normalized spacial score (nSPS) is 30.9. The summed E-state index contributed by atoms with van der Waals surface area (Å²) >= 11 is 0. The number of carbonyl (C=O) groups is 2. The van der Waals surface area contributed by atoms with Crippen molar-refractivity contribution in [2.24, 2.45) is 5.92 Å². The summed E-state index contributed by atoms with van der Waals surface area (Å²) in [6.07, 6.45) is 6.09. The Morgan fingerprint density at radius 2 is 1.66 bits per heavy atom. The monoisotopic (exact) mass is 502 g/mol. The molecule has 0 aromatic heterocycles. The van der Waals surface area contributed by atoms with Crippen LogP contribution in [0.1, 0.15) is 44.1 Å². The van der Waals surface area contributed by atoms with Gasteiger partial charge in [-0.25, -0.2) is 13.2 Å². The Morgan fingerprint density at radius 1 is 1.03 bits per heavy atom. The Kier molecular flexibility index (Phi) is 6.36.